The summed E-state index contributed by atoms with van der Waals surface area (Å²) in [6.45, 7) is 5.20. The molecule has 1 unspecified atom stereocenters. The second kappa shape index (κ2) is 6.28. The van der Waals surface area contributed by atoms with Gasteiger partial charge in [-0.1, -0.05) is 30.3 Å². The van der Waals surface area contributed by atoms with E-state index in [1.165, 1.54) is 0 Å². The van der Waals surface area contributed by atoms with E-state index in [-0.39, 0.29) is 19.6 Å². The van der Waals surface area contributed by atoms with Gasteiger partial charge >= 0.3 is 12.1 Å². The number of nitrogens with zero attached hydrogens (tertiary/aromatic N) is 1. The molecule has 2 rings (SSSR count). The first-order valence-electron chi connectivity index (χ1n) is 7.66. The number of esters is 1. The van der Waals surface area contributed by atoms with Gasteiger partial charge in [-0.25, -0.2) is 13.7 Å². The molecule has 0 bridgehead atoms. The Hall–Kier alpha value is -1.95. The van der Waals surface area contributed by atoms with Crippen molar-refractivity contribution in [2.24, 2.45) is 0 Å². The Morgan fingerprint density at radius 2 is 1.91 bits per heavy atom. The van der Waals surface area contributed by atoms with Crippen LogP contribution in [0.15, 0.2) is 30.3 Å². The van der Waals surface area contributed by atoms with Gasteiger partial charge in [-0.05, 0) is 26.3 Å². The summed E-state index contributed by atoms with van der Waals surface area (Å²) in [5.74, 6) is -0.795. The van der Waals surface area contributed by atoms with Gasteiger partial charge in [-0.3, -0.25) is 0 Å². The van der Waals surface area contributed by atoms with Crippen molar-refractivity contribution in [1.82, 2.24) is 0 Å². The number of ether oxygens (including phenoxy) is 1. The van der Waals surface area contributed by atoms with Crippen LogP contribution < -0.4 is 0 Å². The molecule has 5 nitrogen and oxygen atoms in total. The summed E-state index contributed by atoms with van der Waals surface area (Å²) in [6, 6.07) is 7.70. The number of likely N-dealkylation sites (tertiary alicyclic amines) is 1. The fourth-order valence-corrected chi connectivity index (χ4v) is 3.30. The SMILES string of the molecule is CC(C)(C)[N+]1(C(=O)O)CC[C@H](F)[C@H]1C(=O)OCc1ccccc1. The average molecular weight is 324 g/mol. The highest BCUT2D eigenvalue weighted by molar-refractivity contribution is 5.78. The molecule has 1 heterocycles. The maximum atomic E-state index is 14.4. The third-order valence-electron chi connectivity index (χ3n) is 4.58. The molecule has 0 aliphatic carbocycles. The van der Waals surface area contributed by atoms with Crippen LogP contribution in [0, 0.1) is 0 Å². The first-order chi connectivity index (χ1) is 10.7. The van der Waals surface area contributed by atoms with E-state index in [2.05, 4.69) is 0 Å². The average Bonchev–Trinajstić information content (AvgIpc) is 2.84. The van der Waals surface area contributed by atoms with Crippen LogP contribution in [-0.2, 0) is 16.1 Å². The van der Waals surface area contributed by atoms with Gasteiger partial charge in [0.15, 0.2) is 6.17 Å². The minimum atomic E-state index is -1.52. The number of quaternary nitrogens is 1. The molecule has 0 aromatic heterocycles. The number of hydrogen-bond donors (Lipinski definition) is 1. The molecule has 1 aromatic rings. The van der Waals surface area contributed by atoms with E-state index < -0.39 is 34.3 Å². The third kappa shape index (κ3) is 3.08. The molecule has 1 aliphatic rings. The summed E-state index contributed by atoms with van der Waals surface area (Å²) < 4.78 is 19.0. The Balaban J connectivity index is 2.23. The van der Waals surface area contributed by atoms with Crippen LogP contribution in [0.2, 0.25) is 0 Å². The Labute approximate surface area is 135 Å². The molecule has 126 valence electrons. The minimum absolute atomic E-state index is 0.00660. The van der Waals surface area contributed by atoms with Gasteiger partial charge in [0.25, 0.3) is 0 Å². The lowest BCUT2D eigenvalue weighted by Crippen LogP contribution is -2.68. The second-order valence-electron chi connectivity index (χ2n) is 6.89. The predicted octanol–water partition coefficient (Wildman–Crippen LogP) is 3.13. The molecular weight excluding hydrogens is 301 g/mol. The van der Waals surface area contributed by atoms with E-state index in [0.717, 1.165) is 5.56 Å². The van der Waals surface area contributed by atoms with Crippen molar-refractivity contribution in [3.05, 3.63) is 35.9 Å². The number of carboxylic acid groups (broad SMARTS) is 1. The number of alkyl halides is 1. The number of amides is 1. The normalized spacial score (nSPS) is 27.7. The highest BCUT2D eigenvalue weighted by atomic mass is 19.1. The van der Waals surface area contributed by atoms with Gasteiger partial charge in [-0.15, -0.1) is 0 Å². The number of carbonyl (C=O) groups is 2. The zero-order valence-corrected chi connectivity index (χ0v) is 13.7. The lowest BCUT2D eigenvalue weighted by molar-refractivity contribution is -0.908. The van der Waals surface area contributed by atoms with Gasteiger partial charge < -0.3 is 9.84 Å². The molecule has 0 spiro atoms. The topological polar surface area (TPSA) is 63.6 Å². The summed E-state index contributed by atoms with van der Waals surface area (Å²) in [7, 11) is 0. The smallest absolute Gasteiger partial charge is 0.456 e. The minimum Gasteiger partial charge on any atom is -0.456 e. The third-order valence-corrected chi connectivity index (χ3v) is 4.58. The first-order valence-corrected chi connectivity index (χ1v) is 7.66. The van der Waals surface area contributed by atoms with Crippen LogP contribution in [-0.4, -0.2) is 45.9 Å². The largest absolute Gasteiger partial charge is 0.514 e. The lowest BCUT2D eigenvalue weighted by Gasteiger charge is -2.43. The van der Waals surface area contributed by atoms with Crippen molar-refractivity contribution < 1.29 is 28.3 Å². The highest BCUT2D eigenvalue weighted by Crippen LogP contribution is 2.39. The summed E-state index contributed by atoms with van der Waals surface area (Å²) in [6.07, 6.45) is -2.68. The Morgan fingerprint density at radius 3 is 2.43 bits per heavy atom. The van der Waals surface area contributed by atoms with Gasteiger partial charge in [-0.2, -0.15) is 4.79 Å². The summed E-state index contributed by atoms with van der Waals surface area (Å²) in [4.78, 5) is 24.4. The van der Waals surface area contributed by atoms with Crippen molar-refractivity contribution >= 4 is 12.1 Å². The Kier molecular flexibility index (Phi) is 4.75. The molecule has 3 atom stereocenters. The van der Waals surface area contributed by atoms with Gasteiger partial charge in [0.1, 0.15) is 12.1 Å². The molecular formula is C17H23FNO4+. The van der Waals surface area contributed by atoms with Crippen LogP contribution in [0.3, 0.4) is 0 Å². The van der Waals surface area contributed by atoms with Crippen molar-refractivity contribution in [3.63, 3.8) is 0 Å². The van der Waals surface area contributed by atoms with E-state index in [1.807, 2.05) is 18.2 Å². The highest BCUT2D eigenvalue weighted by Gasteiger charge is 2.64. The van der Waals surface area contributed by atoms with E-state index in [4.69, 9.17) is 4.74 Å². The number of rotatable bonds is 3. The zero-order valence-electron chi connectivity index (χ0n) is 13.7. The van der Waals surface area contributed by atoms with Crippen molar-refractivity contribution in [3.8, 4) is 0 Å². The number of hydrogen-bond acceptors (Lipinski definition) is 3. The van der Waals surface area contributed by atoms with Crippen LogP contribution in [0.1, 0.15) is 32.8 Å². The molecule has 1 amide bonds. The summed E-state index contributed by atoms with van der Waals surface area (Å²) in [5, 5.41) is 9.72. The quantitative estimate of drug-likeness (QED) is 0.685. The fourth-order valence-electron chi connectivity index (χ4n) is 3.30. The van der Waals surface area contributed by atoms with Crippen LogP contribution in [0.5, 0.6) is 0 Å². The maximum absolute atomic E-state index is 14.4. The fraction of sp³-hybridized carbons (Fsp3) is 0.529. The zero-order chi connectivity index (χ0) is 17.3. The van der Waals surface area contributed by atoms with Crippen LogP contribution in [0.4, 0.5) is 9.18 Å². The predicted molar refractivity (Wildman–Crippen MR) is 82.4 cm³/mol. The van der Waals surface area contributed by atoms with E-state index in [1.54, 1.807) is 32.9 Å². The molecule has 1 N–H and O–H groups in total. The summed E-state index contributed by atoms with van der Waals surface area (Å²) in [5.41, 5.74) is -0.0400. The molecule has 1 aliphatic heterocycles. The second-order valence-corrected chi connectivity index (χ2v) is 6.89. The monoisotopic (exact) mass is 324 g/mol. The lowest BCUT2D eigenvalue weighted by atomic mass is 9.99. The molecule has 1 fully saturated rings. The van der Waals surface area contributed by atoms with Crippen molar-refractivity contribution in [2.75, 3.05) is 6.54 Å². The van der Waals surface area contributed by atoms with E-state index >= 15 is 0 Å². The first kappa shape index (κ1) is 17.4. The number of benzene rings is 1. The standard InChI is InChI=1S/C17H22FNO4/c1-17(2,3)19(16(21)22)10-9-13(18)14(19)15(20)23-11-12-7-5-4-6-8-12/h4-8,13-14H,9-11H2,1-3H3/p+1/t13-,14-,19?/m0/s1. The molecule has 0 saturated carbocycles. The number of halogens is 1. The van der Waals surface area contributed by atoms with E-state index in [0.29, 0.717) is 0 Å². The van der Waals surface area contributed by atoms with Crippen LogP contribution >= 0.6 is 0 Å². The number of carbonyl (C=O) groups excluding carboxylic acids is 1. The van der Waals surface area contributed by atoms with Gasteiger partial charge in [0, 0.05) is 6.42 Å². The molecule has 0 radical (unpaired) electrons. The summed E-state index contributed by atoms with van der Waals surface area (Å²) >= 11 is 0. The Bertz CT molecular complexity index is 584. The molecule has 6 heteroatoms. The van der Waals surface area contributed by atoms with Gasteiger partial charge in [0.05, 0.1) is 6.54 Å². The van der Waals surface area contributed by atoms with Crippen LogP contribution in [0.25, 0.3) is 0 Å². The van der Waals surface area contributed by atoms with E-state index in [9.17, 15) is 19.1 Å². The van der Waals surface area contributed by atoms with Crippen molar-refractivity contribution in [1.29, 1.82) is 0 Å². The Morgan fingerprint density at radius 1 is 1.30 bits per heavy atom. The maximum Gasteiger partial charge on any atom is 0.514 e. The molecule has 1 aromatic carbocycles. The molecule has 23 heavy (non-hydrogen) atoms. The van der Waals surface area contributed by atoms with Crippen molar-refractivity contribution in [2.45, 2.75) is 51.6 Å². The van der Waals surface area contributed by atoms with Gasteiger partial charge in [0.2, 0.25) is 6.04 Å². The molecule has 1 saturated heterocycles.